The van der Waals surface area contributed by atoms with Gasteiger partial charge < -0.3 is 20.3 Å². The molecule has 7 heteroatoms. The summed E-state index contributed by atoms with van der Waals surface area (Å²) in [6.45, 7) is 0. The van der Waals surface area contributed by atoms with Gasteiger partial charge in [-0.1, -0.05) is 12.1 Å². The molecule has 0 aliphatic carbocycles. The van der Waals surface area contributed by atoms with Gasteiger partial charge in [-0.2, -0.15) is 0 Å². The molecule has 3 N–H and O–H groups in total. The fraction of sp³-hybridized carbons (Fsp3) is 0. The summed E-state index contributed by atoms with van der Waals surface area (Å²) >= 11 is 0. The Bertz CT molecular complexity index is 683. The Morgan fingerprint density at radius 1 is 0.857 bits per heavy atom. The van der Waals surface area contributed by atoms with Crippen LogP contribution in [0, 0.1) is 0 Å². The van der Waals surface area contributed by atoms with Crippen LogP contribution in [0.25, 0.3) is 0 Å². The van der Waals surface area contributed by atoms with Crippen LogP contribution in [0.15, 0.2) is 36.4 Å². The number of carboxylic acid groups (broad SMARTS) is 2. The zero-order valence-corrected chi connectivity index (χ0v) is 13.1. The summed E-state index contributed by atoms with van der Waals surface area (Å²) in [6.07, 6.45) is 0. The van der Waals surface area contributed by atoms with Crippen molar-refractivity contribution in [2.45, 2.75) is 0 Å². The zero-order valence-electron chi connectivity index (χ0n) is 11.1. The SMILES string of the molecule is O=C(O)c1cccc2c1Oc1c(cccc1C(=O)O)N2.[Na]. The van der Waals surface area contributed by atoms with Crippen LogP contribution in [0.2, 0.25) is 0 Å². The topological polar surface area (TPSA) is 95.9 Å². The minimum atomic E-state index is -1.14. The summed E-state index contributed by atoms with van der Waals surface area (Å²) in [5.41, 5.74) is 0.918. The van der Waals surface area contributed by atoms with Crippen molar-refractivity contribution in [3.63, 3.8) is 0 Å². The number of ether oxygens (including phenoxy) is 1. The second-order valence-electron chi connectivity index (χ2n) is 4.20. The number of anilines is 2. The molecule has 0 unspecified atom stereocenters. The molecule has 0 spiro atoms. The number of carbonyl (C=O) groups is 2. The average molecular weight is 294 g/mol. The van der Waals surface area contributed by atoms with Crippen molar-refractivity contribution < 1.29 is 24.5 Å². The van der Waals surface area contributed by atoms with Crippen molar-refractivity contribution in [1.82, 2.24) is 0 Å². The standard InChI is InChI=1S/C14H9NO5.Na/c16-13(17)7-3-1-5-9-11(7)20-12-8(14(18)19)4-2-6-10(12)15-9;/h1-6,15H,(H,16,17)(H,18,19);. The largest absolute Gasteiger partial charge is 0.478 e. The molecule has 0 atom stereocenters. The predicted molar refractivity (Wildman–Crippen MR) is 75.9 cm³/mol. The maximum absolute atomic E-state index is 11.2. The number of para-hydroxylation sites is 2. The third-order valence-electron chi connectivity index (χ3n) is 2.96. The van der Waals surface area contributed by atoms with Gasteiger partial charge in [-0.15, -0.1) is 0 Å². The van der Waals surface area contributed by atoms with Gasteiger partial charge in [0.05, 0.1) is 11.4 Å². The number of nitrogens with one attached hydrogen (secondary N) is 1. The predicted octanol–water partition coefficient (Wildman–Crippen LogP) is 2.55. The maximum atomic E-state index is 11.2. The first kappa shape index (κ1) is 15.4. The maximum Gasteiger partial charge on any atom is 0.339 e. The van der Waals surface area contributed by atoms with E-state index in [9.17, 15) is 9.59 Å². The molecule has 1 radical (unpaired) electrons. The molecule has 0 amide bonds. The Morgan fingerprint density at radius 2 is 1.29 bits per heavy atom. The minimum Gasteiger partial charge on any atom is -0.478 e. The van der Waals surface area contributed by atoms with E-state index in [2.05, 4.69) is 5.32 Å². The van der Waals surface area contributed by atoms with Gasteiger partial charge in [0.2, 0.25) is 0 Å². The zero-order chi connectivity index (χ0) is 14.3. The molecule has 21 heavy (non-hydrogen) atoms. The third kappa shape index (κ3) is 2.61. The number of aromatic carboxylic acids is 2. The smallest absolute Gasteiger partial charge is 0.339 e. The minimum absolute atomic E-state index is 0. The second-order valence-corrected chi connectivity index (χ2v) is 4.20. The molecule has 1 aliphatic heterocycles. The summed E-state index contributed by atoms with van der Waals surface area (Å²) in [5, 5.41) is 21.3. The molecule has 0 fully saturated rings. The van der Waals surface area contributed by atoms with Crippen LogP contribution in [0.3, 0.4) is 0 Å². The first-order valence-corrected chi connectivity index (χ1v) is 5.75. The third-order valence-corrected chi connectivity index (χ3v) is 2.96. The molecule has 101 valence electrons. The molecule has 0 saturated heterocycles. The fourth-order valence-electron chi connectivity index (χ4n) is 2.07. The molecule has 6 nitrogen and oxygen atoms in total. The van der Waals surface area contributed by atoms with Crippen molar-refractivity contribution in [2.24, 2.45) is 0 Å². The van der Waals surface area contributed by atoms with Gasteiger partial charge in [-0.25, -0.2) is 9.59 Å². The van der Waals surface area contributed by atoms with Crippen LogP contribution in [-0.4, -0.2) is 51.7 Å². The van der Waals surface area contributed by atoms with Gasteiger partial charge in [-0.3, -0.25) is 0 Å². The van der Waals surface area contributed by atoms with Crippen molar-refractivity contribution in [3.05, 3.63) is 47.5 Å². The molecule has 1 heterocycles. The van der Waals surface area contributed by atoms with Gasteiger partial charge in [-0.05, 0) is 24.3 Å². The molecule has 2 aromatic rings. The van der Waals surface area contributed by atoms with Crippen LogP contribution in [0.5, 0.6) is 11.5 Å². The van der Waals surface area contributed by atoms with E-state index in [1.165, 1.54) is 12.1 Å². The number of carboxylic acids is 2. The van der Waals surface area contributed by atoms with E-state index in [4.69, 9.17) is 14.9 Å². The number of hydrogen-bond acceptors (Lipinski definition) is 4. The Labute approximate surface area is 141 Å². The normalized spacial score (nSPS) is 11.0. The number of fused-ring (bicyclic) bond motifs is 2. The van der Waals surface area contributed by atoms with Crippen molar-refractivity contribution in [2.75, 3.05) is 5.32 Å². The number of rotatable bonds is 2. The van der Waals surface area contributed by atoms with Crippen LogP contribution < -0.4 is 10.1 Å². The second kappa shape index (κ2) is 5.77. The first-order valence-electron chi connectivity index (χ1n) is 5.75. The monoisotopic (exact) mass is 294 g/mol. The molecule has 0 saturated carbocycles. The van der Waals surface area contributed by atoms with E-state index in [0.29, 0.717) is 11.4 Å². The van der Waals surface area contributed by atoms with Crippen LogP contribution >= 0.6 is 0 Å². The molecule has 1 aliphatic rings. The summed E-state index contributed by atoms with van der Waals surface area (Å²) < 4.78 is 5.54. The molecule has 3 rings (SSSR count). The molecule has 2 aromatic carbocycles. The van der Waals surface area contributed by atoms with Gasteiger partial charge in [0.25, 0.3) is 0 Å². The first-order chi connectivity index (χ1) is 9.58. The van der Waals surface area contributed by atoms with E-state index in [-0.39, 0.29) is 52.2 Å². The van der Waals surface area contributed by atoms with E-state index in [1.807, 2.05) is 0 Å². The van der Waals surface area contributed by atoms with Gasteiger partial charge >= 0.3 is 11.9 Å². The molecular weight excluding hydrogens is 285 g/mol. The van der Waals surface area contributed by atoms with Crippen molar-refractivity contribution in [3.8, 4) is 11.5 Å². The van der Waals surface area contributed by atoms with E-state index in [1.54, 1.807) is 24.3 Å². The van der Waals surface area contributed by atoms with Crippen LogP contribution in [0.4, 0.5) is 11.4 Å². The van der Waals surface area contributed by atoms with E-state index >= 15 is 0 Å². The van der Waals surface area contributed by atoms with Gasteiger partial charge in [0.1, 0.15) is 11.1 Å². The Hall–Kier alpha value is -2.02. The summed E-state index contributed by atoms with van der Waals surface area (Å²) in [5.74, 6) is -2.05. The summed E-state index contributed by atoms with van der Waals surface area (Å²) in [4.78, 5) is 22.4. The average Bonchev–Trinajstić information content (AvgIpc) is 2.43. The Balaban J connectivity index is 0.00000161. The molecular formula is C14H9NNaO5. The summed E-state index contributed by atoms with van der Waals surface area (Å²) in [7, 11) is 0. The van der Waals surface area contributed by atoms with Crippen LogP contribution in [-0.2, 0) is 0 Å². The van der Waals surface area contributed by atoms with Gasteiger partial charge in [0.15, 0.2) is 11.5 Å². The Kier molecular flexibility index (Phi) is 4.22. The van der Waals surface area contributed by atoms with Crippen molar-refractivity contribution in [1.29, 1.82) is 0 Å². The van der Waals surface area contributed by atoms with E-state index < -0.39 is 11.9 Å². The quantitative estimate of drug-likeness (QED) is 0.629. The van der Waals surface area contributed by atoms with E-state index in [0.717, 1.165) is 0 Å². The molecule has 0 aromatic heterocycles. The van der Waals surface area contributed by atoms with Crippen LogP contribution in [0.1, 0.15) is 20.7 Å². The van der Waals surface area contributed by atoms with Gasteiger partial charge in [0, 0.05) is 29.6 Å². The summed E-state index contributed by atoms with van der Waals surface area (Å²) in [6, 6.07) is 9.31. The Morgan fingerprint density at radius 3 is 1.67 bits per heavy atom. The fourth-order valence-corrected chi connectivity index (χ4v) is 2.07. The number of hydrogen-bond donors (Lipinski definition) is 3. The number of benzene rings is 2. The van der Waals surface area contributed by atoms with Crippen molar-refractivity contribution >= 4 is 52.9 Å². The molecule has 0 bridgehead atoms.